The molecule has 3 heteroatoms. The zero-order chi connectivity index (χ0) is 12.3. The fraction of sp³-hybridized carbons (Fsp3) is 1.00. The molecule has 1 saturated heterocycles. The minimum Gasteiger partial charge on any atom is -0.405 e. The summed E-state index contributed by atoms with van der Waals surface area (Å²) in [7, 11) is 0.0137. The molecule has 94 valence electrons. The minimum absolute atomic E-state index is 0.0137. The van der Waals surface area contributed by atoms with Crippen molar-refractivity contribution in [2.24, 2.45) is 11.8 Å². The molecule has 0 unspecified atom stereocenters. The van der Waals surface area contributed by atoms with Crippen LogP contribution in [0.25, 0.3) is 0 Å². The Balaban J connectivity index is 2.61. The maximum absolute atomic E-state index is 6.09. The third-order valence-electron chi connectivity index (χ3n) is 3.43. The molecular formula is C13H27BO2. The molecule has 1 aliphatic rings. The lowest BCUT2D eigenvalue weighted by molar-refractivity contribution is 0.0815. The van der Waals surface area contributed by atoms with Crippen LogP contribution in [0, 0.1) is 11.8 Å². The first-order valence-electron chi connectivity index (χ1n) is 6.78. The lowest BCUT2D eigenvalue weighted by Crippen LogP contribution is -2.31. The second-order valence-corrected chi connectivity index (χ2v) is 5.82. The van der Waals surface area contributed by atoms with Gasteiger partial charge >= 0.3 is 7.12 Å². The fourth-order valence-electron chi connectivity index (χ4n) is 2.43. The van der Waals surface area contributed by atoms with E-state index in [1.165, 1.54) is 12.8 Å². The molecule has 1 heterocycles. The van der Waals surface area contributed by atoms with Crippen molar-refractivity contribution in [3.8, 4) is 0 Å². The fourth-order valence-corrected chi connectivity index (χ4v) is 2.43. The summed E-state index contributed by atoms with van der Waals surface area (Å²) in [5.74, 6) is 1.58. The van der Waals surface area contributed by atoms with Gasteiger partial charge in [-0.3, -0.25) is 0 Å². The highest BCUT2D eigenvalue weighted by Gasteiger charge is 2.44. The summed E-state index contributed by atoms with van der Waals surface area (Å²) in [6.45, 7) is 13.3. The van der Waals surface area contributed by atoms with Crippen molar-refractivity contribution in [1.82, 2.24) is 0 Å². The molecule has 0 radical (unpaired) electrons. The van der Waals surface area contributed by atoms with Crippen LogP contribution in [0.15, 0.2) is 0 Å². The smallest absolute Gasteiger partial charge is 0.405 e. The second-order valence-electron chi connectivity index (χ2n) is 5.82. The Morgan fingerprint density at radius 1 is 0.938 bits per heavy atom. The lowest BCUT2D eigenvalue weighted by Gasteiger charge is -2.24. The molecule has 16 heavy (non-hydrogen) atoms. The third kappa shape index (κ3) is 3.24. The Kier molecular flexibility index (Phi) is 5.32. The summed E-state index contributed by atoms with van der Waals surface area (Å²) in [6, 6.07) is 0. The third-order valence-corrected chi connectivity index (χ3v) is 3.43. The van der Waals surface area contributed by atoms with E-state index in [1.807, 2.05) is 0 Å². The van der Waals surface area contributed by atoms with Crippen molar-refractivity contribution in [2.75, 3.05) is 0 Å². The van der Waals surface area contributed by atoms with Gasteiger partial charge in [-0.05, 0) is 17.7 Å². The maximum Gasteiger partial charge on any atom is 0.460 e. The van der Waals surface area contributed by atoms with Crippen LogP contribution in [0.2, 0.25) is 5.82 Å². The molecule has 0 aromatic rings. The molecule has 3 atom stereocenters. The van der Waals surface area contributed by atoms with E-state index in [-0.39, 0.29) is 19.3 Å². The van der Waals surface area contributed by atoms with E-state index in [0.717, 1.165) is 0 Å². The van der Waals surface area contributed by atoms with E-state index in [2.05, 4.69) is 41.5 Å². The van der Waals surface area contributed by atoms with E-state index in [0.29, 0.717) is 17.7 Å². The highest BCUT2D eigenvalue weighted by molar-refractivity contribution is 6.47. The number of hydrogen-bond acceptors (Lipinski definition) is 2. The molecule has 1 rings (SSSR count). The van der Waals surface area contributed by atoms with E-state index in [4.69, 9.17) is 9.31 Å². The van der Waals surface area contributed by atoms with Gasteiger partial charge in [-0.1, -0.05) is 54.4 Å². The molecule has 0 spiro atoms. The Labute approximate surface area is 101 Å². The SMILES string of the molecule is CCC[C@H](C)B1O[C@H](C(C)C)[C@@H](C(C)C)O1. The number of hydrogen-bond donors (Lipinski definition) is 0. The summed E-state index contributed by atoms with van der Waals surface area (Å²) >= 11 is 0. The summed E-state index contributed by atoms with van der Waals surface area (Å²) in [5, 5.41) is 0. The van der Waals surface area contributed by atoms with Crippen LogP contribution in [0.4, 0.5) is 0 Å². The van der Waals surface area contributed by atoms with Crippen LogP contribution < -0.4 is 0 Å². The van der Waals surface area contributed by atoms with Gasteiger partial charge in [0.2, 0.25) is 0 Å². The summed E-state index contributed by atoms with van der Waals surface area (Å²) < 4.78 is 12.2. The second kappa shape index (κ2) is 6.06. The van der Waals surface area contributed by atoms with Gasteiger partial charge in [0.15, 0.2) is 0 Å². The Hall–Kier alpha value is -0.0151. The zero-order valence-electron chi connectivity index (χ0n) is 11.7. The van der Waals surface area contributed by atoms with Gasteiger partial charge in [-0.15, -0.1) is 0 Å². The largest absolute Gasteiger partial charge is 0.460 e. The molecular weight excluding hydrogens is 199 g/mol. The Morgan fingerprint density at radius 2 is 1.38 bits per heavy atom. The molecule has 0 aromatic heterocycles. The first kappa shape index (κ1) is 14.0. The maximum atomic E-state index is 6.09. The van der Waals surface area contributed by atoms with Crippen molar-refractivity contribution in [1.29, 1.82) is 0 Å². The van der Waals surface area contributed by atoms with Crippen molar-refractivity contribution in [2.45, 2.75) is 72.4 Å². The van der Waals surface area contributed by atoms with Gasteiger partial charge in [-0.25, -0.2) is 0 Å². The molecule has 1 aliphatic heterocycles. The molecule has 1 fully saturated rings. The molecule has 0 aromatic carbocycles. The van der Waals surface area contributed by atoms with Crippen molar-refractivity contribution in [3.63, 3.8) is 0 Å². The monoisotopic (exact) mass is 226 g/mol. The van der Waals surface area contributed by atoms with Gasteiger partial charge in [0, 0.05) is 0 Å². The van der Waals surface area contributed by atoms with Gasteiger partial charge in [0.05, 0.1) is 12.2 Å². The van der Waals surface area contributed by atoms with Crippen molar-refractivity contribution < 1.29 is 9.31 Å². The average molecular weight is 226 g/mol. The van der Waals surface area contributed by atoms with Gasteiger partial charge in [0.1, 0.15) is 0 Å². The number of rotatable bonds is 5. The predicted molar refractivity (Wildman–Crippen MR) is 69.5 cm³/mol. The van der Waals surface area contributed by atoms with E-state index in [9.17, 15) is 0 Å². The predicted octanol–water partition coefficient (Wildman–Crippen LogP) is 3.76. The van der Waals surface area contributed by atoms with E-state index >= 15 is 0 Å². The molecule has 0 aliphatic carbocycles. The average Bonchev–Trinajstić information content (AvgIpc) is 2.62. The van der Waals surface area contributed by atoms with E-state index in [1.54, 1.807) is 0 Å². The highest BCUT2D eigenvalue weighted by atomic mass is 16.7. The first-order valence-corrected chi connectivity index (χ1v) is 6.78. The summed E-state index contributed by atoms with van der Waals surface area (Å²) in [6.07, 6.45) is 2.91. The Morgan fingerprint density at radius 3 is 1.69 bits per heavy atom. The normalized spacial score (nSPS) is 28.1. The standard InChI is InChI=1S/C13H27BO2/c1-7-8-11(6)14-15-12(9(2)3)13(16-14)10(4)5/h9-13H,7-8H2,1-6H3/t11-,12+,13+/m0/s1. The minimum atomic E-state index is 0.0137. The van der Waals surface area contributed by atoms with Gasteiger partial charge in [0.25, 0.3) is 0 Å². The topological polar surface area (TPSA) is 18.5 Å². The van der Waals surface area contributed by atoms with Crippen LogP contribution in [-0.2, 0) is 9.31 Å². The van der Waals surface area contributed by atoms with Crippen LogP contribution in [0.1, 0.15) is 54.4 Å². The van der Waals surface area contributed by atoms with Gasteiger partial charge < -0.3 is 9.31 Å². The summed E-state index contributed by atoms with van der Waals surface area (Å²) in [5.41, 5.74) is 0. The van der Waals surface area contributed by atoms with Crippen LogP contribution in [0.5, 0.6) is 0 Å². The van der Waals surface area contributed by atoms with Crippen LogP contribution >= 0.6 is 0 Å². The quantitative estimate of drug-likeness (QED) is 0.664. The zero-order valence-corrected chi connectivity index (χ0v) is 11.7. The molecule has 2 nitrogen and oxygen atoms in total. The Bertz CT molecular complexity index is 190. The molecule has 0 amide bonds. The molecule has 0 N–H and O–H groups in total. The van der Waals surface area contributed by atoms with Crippen molar-refractivity contribution in [3.05, 3.63) is 0 Å². The van der Waals surface area contributed by atoms with E-state index < -0.39 is 0 Å². The van der Waals surface area contributed by atoms with Gasteiger partial charge in [-0.2, -0.15) is 0 Å². The lowest BCUT2D eigenvalue weighted by atomic mass is 9.71. The van der Waals surface area contributed by atoms with Crippen LogP contribution in [0.3, 0.4) is 0 Å². The van der Waals surface area contributed by atoms with Crippen molar-refractivity contribution >= 4 is 7.12 Å². The van der Waals surface area contributed by atoms with Crippen LogP contribution in [-0.4, -0.2) is 19.3 Å². The highest BCUT2D eigenvalue weighted by Crippen LogP contribution is 2.33. The molecule has 0 saturated carbocycles. The molecule has 0 bridgehead atoms. The summed E-state index contributed by atoms with van der Waals surface area (Å²) in [4.78, 5) is 0. The first-order chi connectivity index (χ1) is 7.47.